The zero-order chi connectivity index (χ0) is 19.8. The summed E-state index contributed by atoms with van der Waals surface area (Å²) in [6, 6.07) is 11.4. The molecule has 2 heterocycles. The maximum atomic E-state index is 13.3. The smallest absolute Gasteiger partial charge is 0.336 e. The van der Waals surface area contributed by atoms with E-state index < -0.39 is 11.9 Å². The highest BCUT2D eigenvalue weighted by molar-refractivity contribution is 7.10. The van der Waals surface area contributed by atoms with Crippen molar-refractivity contribution in [1.29, 1.82) is 0 Å². The number of Topliss-reactive ketones (excluding diaryl/α,β-unsaturated/α-hetero) is 1. The lowest BCUT2D eigenvalue weighted by atomic mass is 9.72. The van der Waals surface area contributed by atoms with Crippen LogP contribution < -0.4 is 5.32 Å². The Kier molecular flexibility index (Phi) is 5.13. The lowest BCUT2D eigenvalue weighted by molar-refractivity contribution is -0.136. The molecule has 4 rings (SSSR count). The summed E-state index contributed by atoms with van der Waals surface area (Å²) < 4.78 is 5.04. The van der Waals surface area contributed by atoms with Gasteiger partial charge in [0.25, 0.3) is 0 Å². The number of benzene rings is 1. The number of rotatable bonds is 3. The zero-order valence-electron chi connectivity index (χ0n) is 15.6. The number of hydrogen-bond acceptors (Lipinski definition) is 5. The number of halogens is 1. The van der Waals surface area contributed by atoms with E-state index in [1.54, 1.807) is 23.5 Å². The molecule has 2 aromatic rings. The molecule has 1 N–H and O–H groups in total. The van der Waals surface area contributed by atoms with Crippen LogP contribution in [0.25, 0.3) is 0 Å². The highest BCUT2D eigenvalue weighted by atomic mass is 35.5. The fourth-order valence-corrected chi connectivity index (χ4v) is 5.09. The van der Waals surface area contributed by atoms with Crippen LogP contribution >= 0.6 is 22.9 Å². The fourth-order valence-electron chi connectivity index (χ4n) is 4.13. The number of ether oxygens (including phenoxy) is 1. The Balaban J connectivity index is 1.82. The second-order valence-electron chi connectivity index (χ2n) is 7.08. The average Bonchev–Trinajstić information content (AvgIpc) is 3.21. The summed E-state index contributed by atoms with van der Waals surface area (Å²) in [5.74, 6) is -0.638. The van der Waals surface area contributed by atoms with Crippen molar-refractivity contribution in [2.75, 3.05) is 7.11 Å². The number of methoxy groups -OCH3 is 1. The number of thiophene rings is 1. The van der Waals surface area contributed by atoms with Gasteiger partial charge in [0.15, 0.2) is 5.78 Å². The first-order valence-electron chi connectivity index (χ1n) is 9.10. The van der Waals surface area contributed by atoms with E-state index in [-0.39, 0.29) is 11.7 Å². The fraction of sp³-hybridized carbons (Fsp3) is 0.273. The molecule has 0 saturated heterocycles. The quantitative estimate of drug-likeness (QED) is 0.724. The Morgan fingerprint density at radius 3 is 2.61 bits per heavy atom. The maximum absolute atomic E-state index is 13.3. The van der Waals surface area contributed by atoms with Crippen LogP contribution in [0, 0.1) is 0 Å². The van der Waals surface area contributed by atoms with Crippen LogP contribution in [-0.2, 0) is 14.3 Å². The van der Waals surface area contributed by atoms with Gasteiger partial charge in [-0.25, -0.2) is 4.79 Å². The molecule has 144 valence electrons. The highest BCUT2D eigenvalue weighted by Gasteiger charge is 2.41. The minimum Gasteiger partial charge on any atom is -0.466 e. The summed E-state index contributed by atoms with van der Waals surface area (Å²) in [5.41, 5.74) is 3.64. The summed E-state index contributed by atoms with van der Waals surface area (Å²) in [6.45, 7) is 1.86. The summed E-state index contributed by atoms with van der Waals surface area (Å²) in [4.78, 5) is 27.0. The van der Waals surface area contributed by atoms with Crippen LogP contribution in [0.3, 0.4) is 0 Å². The van der Waals surface area contributed by atoms with E-state index in [1.807, 2.05) is 30.5 Å². The first kappa shape index (κ1) is 19.0. The third-order valence-electron chi connectivity index (χ3n) is 5.38. The molecular weight excluding hydrogens is 394 g/mol. The number of dihydropyridines is 1. The van der Waals surface area contributed by atoms with Crippen LogP contribution in [0.15, 0.2) is 64.3 Å². The third-order valence-corrected chi connectivity index (χ3v) is 6.67. The maximum Gasteiger partial charge on any atom is 0.336 e. The Hall–Kier alpha value is -2.37. The summed E-state index contributed by atoms with van der Waals surface area (Å²) >= 11 is 7.73. The molecule has 1 aromatic carbocycles. The standard InChI is InChI=1S/C22H20ClNO3S/c1-12-19(22(26)27-2)20(13-5-7-15(23)8-6-13)21-16(24-12)10-14(11-17(21)25)18-4-3-9-28-18/h3-9,14,20,24H,10-11H2,1-2H3/t14-,20-/m1/s1. The molecule has 0 saturated carbocycles. The first-order chi connectivity index (χ1) is 13.5. The van der Waals surface area contributed by atoms with Crippen LogP contribution in [0.1, 0.15) is 42.0 Å². The van der Waals surface area contributed by atoms with E-state index in [1.165, 1.54) is 12.0 Å². The number of nitrogens with one attached hydrogen (secondary N) is 1. The van der Waals surface area contributed by atoms with Crippen molar-refractivity contribution in [3.8, 4) is 0 Å². The number of hydrogen-bond donors (Lipinski definition) is 1. The molecule has 0 radical (unpaired) electrons. The molecule has 2 atom stereocenters. The van der Waals surface area contributed by atoms with Gasteiger partial charge >= 0.3 is 5.97 Å². The van der Waals surface area contributed by atoms with Gasteiger partial charge in [-0.2, -0.15) is 0 Å². The second kappa shape index (κ2) is 7.57. The molecule has 1 aliphatic heterocycles. The van der Waals surface area contributed by atoms with Crippen molar-refractivity contribution >= 4 is 34.7 Å². The molecule has 0 bridgehead atoms. The molecule has 28 heavy (non-hydrogen) atoms. The molecule has 0 fully saturated rings. The average molecular weight is 414 g/mol. The molecule has 1 aromatic heterocycles. The predicted molar refractivity (Wildman–Crippen MR) is 110 cm³/mol. The monoisotopic (exact) mass is 413 g/mol. The van der Waals surface area contributed by atoms with Crippen molar-refractivity contribution in [3.05, 3.63) is 79.8 Å². The molecule has 0 spiro atoms. The number of ketones is 1. The van der Waals surface area contributed by atoms with Gasteiger partial charge in [-0.1, -0.05) is 29.8 Å². The van der Waals surface area contributed by atoms with Gasteiger partial charge in [0.05, 0.1) is 12.7 Å². The molecule has 0 unspecified atom stereocenters. The van der Waals surface area contributed by atoms with Crippen molar-refractivity contribution in [3.63, 3.8) is 0 Å². The number of carbonyl (C=O) groups is 2. The van der Waals surface area contributed by atoms with E-state index in [9.17, 15) is 9.59 Å². The van der Waals surface area contributed by atoms with Crippen molar-refractivity contribution in [2.45, 2.75) is 31.6 Å². The summed E-state index contributed by atoms with van der Waals surface area (Å²) in [7, 11) is 1.36. The topological polar surface area (TPSA) is 55.4 Å². The van der Waals surface area contributed by atoms with E-state index >= 15 is 0 Å². The Bertz CT molecular complexity index is 989. The van der Waals surface area contributed by atoms with E-state index in [0.717, 1.165) is 23.4 Å². The van der Waals surface area contributed by atoms with Crippen molar-refractivity contribution in [1.82, 2.24) is 5.32 Å². The van der Waals surface area contributed by atoms with E-state index in [2.05, 4.69) is 11.4 Å². The van der Waals surface area contributed by atoms with Crippen molar-refractivity contribution in [2.24, 2.45) is 0 Å². The second-order valence-corrected chi connectivity index (χ2v) is 8.49. The van der Waals surface area contributed by atoms with Crippen LogP contribution in [0.5, 0.6) is 0 Å². The largest absolute Gasteiger partial charge is 0.466 e. The van der Waals surface area contributed by atoms with Gasteiger partial charge in [-0.15, -0.1) is 11.3 Å². The minimum absolute atomic E-state index is 0.0704. The van der Waals surface area contributed by atoms with Crippen LogP contribution in [0.4, 0.5) is 0 Å². The first-order valence-corrected chi connectivity index (χ1v) is 10.4. The van der Waals surface area contributed by atoms with Gasteiger partial charge in [0.1, 0.15) is 0 Å². The van der Waals surface area contributed by atoms with Crippen molar-refractivity contribution < 1.29 is 14.3 Å². The van der Waals surface area contributed by atoms with Crippen LogP contribution in [-0.4, -0.2) is 18.9 Å². The minimum atomic E-state index is -0.447. The van der Waals surface area contributed by atoms with Gasteiger partial charge < -0.3 is 10.1 Å². The third kappa shape index (κ3) is 3.29. The Labute approximate surface area is 172 Å². The molecular formula is C22H20ClNO3S. The number of allylic oxidation sites excluding steroid dienone is 3. The predicted octanol–water partition coefficient (Wildman–Crippen LogP) is 4.94. The molecule has 4 nitrogen and oxygen atoms in total. The van der Waals surface area contributed by atoms with E-state index in [0.29, 0.717) is 22.6 Å². The number of carbonyl (C=O) groups excluding carboxylic acids is 2. The van der Waals surface area contributed by atoms with Crippen LogP contribution in [0.2, 0.25) is 5.02 Å². The molecule has 2 aliphatic rings. The van der Waals surface area contributed by atoms with E-state index in [4.69, 9.17) is 16.3 Å². The Morgan fingerprint density at radius 2 is 1.96 bits per heavy atom. The Morgan fingerprint density at radius 1 is 1.21 bits per heavy atom. The number of esters is 1. The normalized spacial score (nSPS) is 22.0. The highest BCUT2D eigenvalue weighted by Crippen LogP contribution is 2.46. The van der Waals surface area contributed by atoms with Gasteiger partial charge in [-0.05, 0) is 42.5 Å². The van der Waals surface area contributed by atoms with Gasteiger partial charge in [0, 0.05) is 45.1 Å². The molecule has 1 aliphatic carbocycles. The lowest BCUT2D eigenvalue weighted by Gasteiger charge is -2.36. The summed E-state index contributed by atoms with van der Waals surface area (Å²) in [5, 5.41) is 5.98. The zero-order valence-corrected chi connectivity index (χ0v) is 17.2. The lowest BCUT2D eigenvalue weighted by Crippen LogP contribution is -2.35. The summed E-state index contributed by atoms with van der Waals surface area (Å²) in [6.07, 6.45) is 1.19. The van der Waals surface area contributed by atoms with Gasteiger partial charge in [0.2, 0.25) is 0 Å². The molecule has 6 heteroatoms. The SMILES string of the molecule is COC(=O)C1=C(C)NC2=C(C(=O)C[C@H](c3cccs3)C2)[C@@H]1c1ccc(Cl)cc1. The molecule has 0 amide bonds. The van der Waals surface area contributed by atoms with Gasteiger partial charge in [-0.3, -0.25) is 4.79 Å².